The summed E-state index contributed by atoms with van der Waals surface area (Å²) in [6, 6.07) is 0. The van der Waals surface area contributed by atoms with Crippen molar-refractivity contribution >= 4 is 11.8 Å². The summed E-state index contributed by atoms with van der Waals surface area (Å²) in [6.45, 7) is 3.68. The molecule has 0 spiro atoms. The molecule has 2 nitrogen and oxygen atoms in total. The SMILES string of the molecule is CSC1CCN(CC2(N)CCCC2)C1. The van der Waals surface area contributed by atoms with Crippen molar-refractivity contribution in [2.75, 3.05) is 25.9 Å². The molecule has 0 radical (unpaired) electrons. The molecular weight excluding hydrogens is 192 g/mol. The van der Waals surface area contributed by atoms with E-state index < -0.39 is 0 Å². The van der Waals surface area contributed by atoms with Gasteiger partial charge in [-0.1, -0.05) is 12.8 Å². The fourth-order valence-corrected chi connectivity index (χ4v) is 3.52. The molecule has 2 aliphatic rings. The Morgan fingerprint density at radius 2 is 2.14 bits per heavy atom. The fraction of sp³-hybridized carbons (Fsp3) is 1.00. The number of hydrogen-bond acceptors (Lipinski definition) is 3. The minimum atomic E-state index is 0.160. The van der Waals surface area contributed by atoms with Crippen LogP contribution in [0.5, 0.6) is 0 Å². The lowest BCUT2D eigenvalue weighted by Gasteiger charge is -2.29. The molecule has 1 atom stereocenters. The van der Waals surface area contributed by atoms with Crippen LogP contribution in [-0.2, 0) is 0 Å². The average molecular weight is 214 g/mol. The third-order valence-electron chi connectivity index (χ3n) is 3.70. The molecule has 14 heavy (non-hydrogen) atoms. The van der Waals surface area contributed by atoms with E-state index in [4.69, 9.17) is 5.73 Å². The van der Waals surface area contributed by atoms with Crippen LogP contribution in [0.15, 0.2) is 0 Å². The Hall–Kier alpha value is 0.270. The maximum Gasteiger partial charge on any atom is 0.0283 e. The summed E-state index contributed by atoms with van der Waals surface area (Å²) < 4.78 is 0. The number of nitrogens with two attached hydrogens (primary N) is 1. The van der Waals surface area contributed by atoms with Crippen LogP contribution in [0.25, 0.3) is 0 Å². The highest BCUT2D eigenvalue weighted by Crippen LogP contribution is 2.30. The molecule has 1 saturated heterocycles. The second kappa shape index (κ2) is 4.42. The minimum absolute atomic E-state index is 0.160. The maximum atomic E-state index is 6.38. The summed E-state index contributed by atoms with van der Waals surface area (Å²) in [5.41, 5.74) is 6.54. The summed E-state index contributed by atoms with van der Waals surface area (Å²) in [7, 11) is 0. The lowest BCUT2D eigenvalue weighted by Crippen LogP contribution is -2.47. The van der Waals surface area contributed by atoms with Gasteiger partial charge in [0.2, 0.25) is 0 Å². The first-order chi connectivity index (χ1) is 6.72. The molecule has 1 unspecified atom stereocenters. The van der Waals surface area contributed by atoms with Crippen molar-refractivity contribution < 1.29 is 0 Å². The summed E-state index contributed by atoms with van der Waals surface area (Å²) in [5.74, 6) is 0. The van der Waals surface area contributed by atoms with E-state index in [9.17, 15) is 0 Å². The van der Waals surface area contributed by atoms with Crippen LogP contribution >= 0.6 is 11.8 Å². The van der Waals surface area contributed by atoms with E-state index in [2.05, 4.69) is 11.2 Å². The van der Waals surface area contributed by atoms with Gasteiger partial charge in [0.15, 0.2) is 0 Å². The molecule has 1 saturated carbocycles. The van der Waals surface area contributed by atoms with Crippen LogP contribution in [0.1, 0.15) is 32.1 Å². The number of thioether (sulfide) groups is 1. The predicted molar refractivity (Wildman–Crippen MR) is 63.7 cm³/mol. The Morgan fingerprint density at radius 3 is 2.71 bits per heavy atom. The molecule has 0 bridgehead atoms. The van der Waals surface area contributed by atoms with Crippen molar-refractivity contribution in [1.82, 2.24) is 4.90 Å². The first-order valence-corrected chi connectivity index (χ1v) is 7.05. The number of nitrogens with zero attached hydrogens (tertiary/aromatic N) is 1. The van der Waals surface area contributed by atoms with Crippen LogP contribution in [0.3, 0.4) is 0 Å². The summed E-state index contributed by atoms with van der Waals surface area (Å²) in [5, 5.41) is 0.861. The van der Waals surface area contributed by atoms with Crippen molar-refractivity contribution in [2.45, 2.75) is 42.9 Å². The lowest BCUT2D eigenvalue weighted by molar-refractivity contribution is 0.249. The Morgan fingerprint density at radius 1 is 1.43 bits per heavy atom. The molecule has 2 fully saturated rings. The van der Waals surface area contributed by atoms with Gasteiger partial charge in [0, 0.05) is 23.9 Å². The van der Waals surface area contributed by atoms with Crippen LogP contribution in [0.2, 0.25) is 0 Å². The van der Waals surface area contributed by atoms with E-state index in [0.717, 1.165) is 11.8 Å². The summed E-state index contributed by atoms with van der Waals surface area (Å²) >= 11 is 2.01. The monoisotopic (exact) mass is 214 g/mol. The zero-order chi connectivity index (χ0) is 10.0. The third kappa shape index (κ3) is 2.44. The Balaban J connectivity index is 1.80. The number of rotatable bonds is 3. The van der Waals surface area contributed by atoms with E-state index in [1.54, 1.807) is 0 Å². The molecular formula is C11H22N2S. The minimum Gasteiger partial charge on any atom is -0.324 e. The highest BCUT2D eigenvalue weighted by atomic mass is 32.2. The molecule has 0 aromatic rings. The van der Waals surface area contributed by atoms with E-state index in [1.807, 2.05) is 11.8 Å². The summed E-state index contributed by atoms with van der Waals surface area (Å²) in [4.78, 5) is 2.58. The molecule has 0 aromatic heterocycles. The van der Waals surface area contributed by atoms with Crippen LogP contribution in [-0.4, -0.2) is 41.6 Å². The van der Waals surface area contributed by atoms with Gasteiger partial charge in [-0.2, -0.15) is 11.8 Å². The number of hydrogen-bond donors (Lipinski definition) is 1. The smallest absolute Gasteiger partial charge is 0.0283 e. The third-order valence-corrected chi connectivity index (χ3v) is 4.75. The van der Waals surface area contributed by atoms with Crippen molar-refractivity contribution in [3.8, 4) is 0 Å². The zero-order valence-electron chi connectivity index (χ0n) is 9.17. The Labute approximate surface area is 91.6 Å². The van der Waals surface area contributed by atoms with E-state index >= 15 is 0 Å². The van der Waals surface area contributed by atoms with Crippen molar-refractivity contribution in [3.63, 3.8) is 0 Å². The van der Waals surface area contributed by atoms with Gasteiger partial charge in [0.05, 0.1) is 0 Å². The molecule has 2 rings (SSSR count). The largest absolute Gasteiger partial charge is 0.324 e. The van der Waals surface area contributed by atoms with Crippen molar-refractivity contribution in [3.05, 3.63) is 0 Å². The van der Waals surface area contributed by atoms with Gasteiger partial charge in [-0.25, -0.2) is 0 Å². The van der Waals surface area contributed by atoms with Crippen molar-refractivity contribution in [2.24, 2.45) is 5.73 Å². The molecule has 3 heteroatoms. The Bertz CT molecular complexity index is 190. The summed E-state index contributed by atoms with van der Waals surface area (Å²) in [6.07, 6.45) is 8.76. The lowest BCUT2D eigenvalue weighted by atomic mass is 9.99. The quantitative estimate of drug-likeness (QED) is 0.775. The number of likely N-dealkylation sites (tertiary alicyclic amines) is 1. The van der Waals surface area contributed by atoms with Crippen LogP contribution in [0, 0.1) is 0 Å². The van der Waals surface area contributed by atoms with Gasteiger partial charge in [0.1, 0.15) is 0 Å². The second-order valence-corrected chi connectivity index (χ2v) is 6.09. The molecule has 0 aromatic carbocycles. The second-order valence-electron chi connectivity index (χ2n) is 4.95. The normalized spacial score (nSPS) is 32.6. The van der Waals surface area contributed by atoms with E-state index in [1.165, 1.54) is 45.2 Å². The highest BCUT2D eigenvalue weighted by molar-refractivity contribution is 7.99. The van der Waals surface area contributed by atoms with Crippen LogP contribution < -0.4 is 5.73 Å². The standard InChI is InChI=1S/C11H22N2S/c1-14-10-4-7-13(8-10)9-11(12)5-2-3-6-11/h10H,2-9,12H2,1H3. The Kier molecular flexibility index (Phi) is 3.40. The molecule has 2 N–H and O–H groups in total. The van der Waals surface area contributed by atoms with Crippen molar-refractivity contribution in [1.29, 1.82) is 0 Å². The maximum absolute atomic E-state index is 6.38. The first-order valence-electron chi connectivity index (χ1n) is 5.76. The highest BCUT2D eigenvalue weighted by Gasteiger charge is 2.33. The van der Waals surface area contributed by atoms with E-state index in [0.29, 0.717) is 0 Å². The van der Waals surface area contributed by atoms with E-state index in [-0.39, 0.29) is 5.54 Å². The molecule has 82 valence electrons. The molecule has 1 heterocycles. The van der Waals surface area contributed by atoms with Gasteiger partial charge in [-0.15, -0.1) is 0 Å². The van der Waals surface area contributed by atoms with Crippen LogP contribution in [0.4, 0.5) is 0 Å². The average Bonchev–Trinajstić information content (AvgIpc) is 2.75. The van der Waals surface area contributed by atoms with Gasteiger partial charge in [-0.3, -0.25) is 0 Å². The van der Waals surface area contributed by atoms with Gasteiger partial charge in [0.25, 0.3) is 0 Å². The molecule has 1 aliphatic carbocycles. The van der Waals surface area contributed by atoms with Gasteiger partial charge in [-0.05, 0) is 32.1 Å². The van der Waals surface area contributed by atoms with Gasteiger partial charge < -0.3 is 10.6 Å². The molecule has 1 aliphatic heterocycles. The first kappa shape index (κ1) is 10.8. The molecule has 0 amide bonds. The fourth-order valence-electron chi connectivity index (χ4n) is 2.82. The topological polar surface area (TPSA) is 29.3 Å². The zero-order valence-corrected chi connectivity index (χ0v) is 9.98. The predicted octanol–water partition coefficient (Wildman–Crippen LogP) is 1.70. The van der Waals surface area contributed by atoms with Gasteiger partial charge >= 0.3 is 0 Å².